The van der Waals surface area contributed by atoms with E-state index in [1.165, 1.54) is 6.08 Å². The second-order valence-electron chi connectivity index (χ2n) is 7.96. The number of carbonyl (C=O) groups is 2. The van der Waals surface area contributed by atoms with Gasteiger partial charge in [0.05, 0.1) is 17.5 Å². The number of rotatable bonds is 8. The molecular formula is C26H27N3O4. The SMILES string of the molecule is Cc1ccc(-c2nn(-c3ccccc3)cc2/C=C/C(=O)OCC(=O)NCC2CCCO2)cc1. The van der Waals surface area contributed by atoms with Gasteiger partial charge in [-0.15, -0.1) is 0 Å². The van der Waals surface area contributed by atoms with E-state index in [2.05, 4.69) is 5.32 Å². The van der Waals surface area contributed by atoms with Gasteiger partial charge in [-0.25, -0.2) is 9.48 Å². The zero-order valence-electron chi connectivity index (χ0n) is 18.6. The molecule has 0 radical (unpaired) electrons. The van der Waals surface area contributed by atoms with Gasteiger partial charge in [0, 0.05) is 36.6 Å². The van der Waals surface area contributed by atoms with Crippen LogP contribution in [0, 0.1) is 6.92 Å². The average Bonchev–Trinajstić information content (AvgIpc) is 3.51. The predicted molar refractivity (Wildman–Crippen MR) is 126 cm³/mol. The Labute approximate surface area is 193 Å². The molecule has 33 heavy (non-hydrogen) atoms. The van der Waals surface area contributed by atoms with Crippen LogP contribution in [0.5, 0.6) is 0 Å². The quantitative estimate of drug-likeness (QED) is 0.422. The standard InChI is InChI=1S/C26H27N3O4/c1-19-9-11-20(12-10-19)26-21(17-29(28-26)22-6-3-2-4-7-22)13-14-25(31)33-18-24(30)27-16-23-8-5-15-32-23/h2-4,6-7,9-14,17,23H,5,8,15-16,18H2,1H3,(H,27,30)/b14-13+. The van der Waals surface area contributed by atoms with Gasteiger partial charge in [0.15, 0.2) is 6.61 Å². The number of aromatic nitrogens is 2. The number of carbonyl (C=O) groups excluding carboxylic acids is 2. The van der Waals surface area contributed by atoms with Crippen LogP contribution >= 0.6 is 0 Å². The fraction of sp³-hybridized carbons (Fsp3) is 0.269. The maximum Gasteiger partial charge on any atom is 0.331 e. The van der Waals surface area contributed by atoms with Gasteiger partial charge in [-0.2, -0.15) is 5.10 Å². The van der Waals surface area contributed by atoms with E-state index in [4.69, 9.17) is 14.6 Å². The predicted octanol–water partition coefficient (Wildman–Crippen LogP) is 3.70. The van der Waals surface area contributed by atoms with Gasteiger partial charge in [-0.05, 0) is 38.0 Å². The zero-order chi connectivity index (χ0) is 23.0. The molecule has 7 nitrogen and oxygen atoms in total. The van der Waals surface area contributed by atoms with Crippen molar-refractivity contribution in [1.82, 2.24) is 15.1 Å². The highest BCUT2D eigenvalue weighted by Gasteiger charge is 2.16. The molecule has 0 saturated carbocycles. The number of nitrogens with one attached hydrogen (secondary N) is 1. The van der Waals surface area contributed by atoms with E-state index in [1.54, 1.807) is 10.8 Å². The van der Waals surface area contributed by atoms with Crippen molar-refractivity contribution in [3.8, 4) is 16.9 Å². The number of nitrogens with zero attached hydrogens (tertiary/aromatic N) is 2. The largest absolute Gasteiger partial charge is 0.452 e. The molecule has 3 aromatic rings. The van der Waals surface area contributed by atoms with E-state index >= 15 is 0 Å². The zero-order valence-corrected chi connectivity index (χ0v) is 18.6. The maximum absolute atomic E-state index is 12.2. The fourth-order valence-electron chi connectivity index (χ4n) is 3.58. The van der Waals surface area contributed by atoms with Crippen molar-refractivity contribution in [3.63, 3.8) is 0 Å². The van der Waals surface area contributed by atoms with Crippen molar-refractivity contribution in [3.05, 3.63) is 78.0 Å². The molecule has 4 rings (SSSR count). The molecule has 7 heteroatoms. The van der Waals surface area contributed by atoms with Crippen molar-refractivity contribution in [2.45, 2.75) is 25.9 Å². The van der Waals surface area contributed by atoms with Crippen LogP contribution in [0.25, 0.3) is 23.0 Å². The monoisotopic (exact) mass is 445 g/mol. The minimum absolute atomic E-state index is 0.0471. The van der Waals surface area contributed by atoms with Crippen LogP contribution in [0.1, 0.15) is 24.0 Å². The van der Waals surface area contributed by atoms with Gasteiger partial charge >= 0.3 is 5.97 Å². The van der Waals surface area contributed by atoms with E-state index in [0.717, 1.165) is 47.5 Å². The van der Waals surface area contributed by atoms with Gasteiger partial charge in [-0.3, -0.25) is 4.79 Å². The summed E-state index contributed by atoms with van der Waals surface area (Å²) in [5, 5.41) is 7.46. The summed E-state index contributed by atoms with van der Waals surface area (Å²) in [6.45, 7) is 2.86. The molecule has 0 bridgehead atoms. The van der Waals surface area contributed by atoms with Crippen molar-refractivity contribution in [2.75, 3.05) is 19.8 Å². The highest BCUT2D eigenvalue weighted by molar-refractivity contribution is 5.90. The number of aryl methyl sites for hydroxylation is 1. The lowest BCUT2D eigenvalue weighted by molar-refractivity contribution is -0.143. The molecule has 1 aliphatic rings. The Hall–Kier alpha value is -3.71. The maximum atomic E-state index is 12.2. The molecule has 1 fully saturated rings. The number of para-hydroxylation sites is 1. The molecule has 1 saturated heterocycles. The lowest BCUT2D eigenvalue weighted by Crippen LogP contribution is -2.34. The normalized spacial score (nSPS) is 15.6. The third kappa shape index (κ3) is 6.17. The Morgan fingerprint density at radius 3 is 2.70 bits per heavy atom. The summed E-state index contributed by atoms with van der Waals surface area (Å²) in [7, 11) is 0. The smallest absolute Gasteiger partial charge is 0.331 e. The second kappa shape index (κ2) is 10.7. The average molecular weight is 446 g/mol. The fourth-order valence-corrected chi connectivity index (χ4v) is 3.58. The van der Waals surface area contributed by atoms with Crippen LogP contribution in [-0.2, 0) is 19.1 Å². The van der Waals surface area contributed by atoms with E-state index in [9.17, 15) is 9.59 Å². The first kappa shape index (κ1) is 22.5. The van der Waals surface area contributed by atoms with Crippen molar-refractivity contribution in [2.24, 2.45) is 0 Å². The molecule has 1 amide bonds. The van der Waals surface area contributed by atoms with E-state index in [0.29, 0.717) is 6.54 Å². The Morgan fingerprint density at radius 2 is 1.97 bits per heavy atom. The van der Waals surface area contributed by atoms with Crippen molar-refractivity contribution < 1.29 is 19.1 Å². The van der Waals surface area contributed by atoms with Crippen molar-refractivity contribution in [1.29, 1.82) is 0 Å². The van der Waals surface area contributed by atoms with Crippen molar-refractivity contribution >= 4 is 18.0 Å². The Morgan fingerprint density at radius 1 is 1.18 bits per heavy atom. The summed E-state index contributed by atoms with van der Waals surface area (Å²) in [5.41, 5.74) is 4.52. The third-order valence-electron chi connectivity index (χ3n) is 5.38. The highest BCUT2D eigenvalue weighted by atomic mass is 16.5. The van der Waals surface area contributed by atoms with Gasteiger partial charge in [-0.1, -0.05) is 48.0 Å². The number of hydrogen-bond donors (Lipinski definition) is 1. The lowest BCUT2D eigenvalue weighted by atomic mass is 10.1. The summed E-state index contributed by atoms with van der Waals surface area (Å²) in [6.07, 6.45) is 6.83. The van der Waals surface area contributed by atoms with Gasteiger partial charge in [0.1, 0.15) is 0 Å². The van der Waals surface area contributed by atoms with E-state index < -0.39 is 5.97 Å². The van der Waals surface area contributed by atoms with Crippen LogP contribution in [0.4, 0.5) is 0 Å². The number of esters is 1. The molecule has 1 N–H and O–H groups in total. The van der Waals surface area contributed by atoms with Crippen LogP contribution in [-0.4, -0.2) is 47.5 Å². The molecule has 1 unspecified atom stereocenters. The summed E-state index contributed by atoms with van der Waals surface area (Å²) < 4.78 is 12.3. The molecule has 1 atom stereocenters. The van der Waals surface area contributed by atoms with Gasteiger partial charge in [0.2, 0.25) is 0 Å². The first-order valence-corrected chi connectivity index (χ1v) is 11.0. The molecule has 0 spiro atoms. The summed E-state index contributed by atoms with van der Waals surface area (Å²) in [4.78, 5) is 24.1. The molecule has 1 aromatic heterocycles. The summed E-state index contributed by atoms with van der Waals surface area (Å²) >= 11 is 0. The highest BCUT2D eigenvalue weighted by Crippen LogP contribution is 2.25. The number of ether oxygens (including phenoxy) is 2. The van der Waals surface area contributed by atoms with Crippen LogP contribution in [0.2, 0.25) is 0 Å². The van der Waals surface area contributed by atoms with Crippen LogP contribution < -0.4 is 5.32 Å². The molecule has 2 heterocycles. The van der Waals surface area contributed by atoms with Crippen LogP contribution in [0.3, 0.4) is 0 Å². The molecule has 2 aromatic carbocycles. The first-order valence-electron chi connectivity index (χ1n) is 11.0. The summed E-state index contributed by atoms with van der Waals surface area (Å²) in [5.74, 6) is -0.936. The summed E-state index contributed by atoms with van der Waals surface area (Å²) in [6, 6.07) is 17.8. The minimum atomic E-state index is -0.593. The molecule has 170 valence electrons. The Kier molecular flexibility index (Phi) is 7.32. The molecule has 1 aliphatic heterocycles. The van der Waals surface area contributed by atoms with E-state index in [-0.39, 0.29) is 18.6 Å². The molecular weight excluding hydrogens is 418 g/mol. The Bertz CT molecular complexity index is 1110. The Balaban J connectivity index is 1.43. The van der Waals surface area contributed by atoms with Gasteiger partial charge in [0.25, 0.3) is 5.91 Å². The number of benzene rings is 2. The minimum Gasteiger partial charge on any atom is -0.452 e. The van der Waals surface area contributed by atoms with E-state index in [1.807, 2.05) is 67.7 Å². The molecule has 0 aliphatic carbocycles. The number of hydrogen-bond acceptors (Lipinski definition) is 5. The number of amides is 1. The van der Waals surface area contributed by atoms with Crippen LogP contribution in [0.15, 0.2) is 66.9 Å². The third-order valence-corrected chi connectivity index (χ3v) is 5.38. The topological polar surface area (TPSA) is 82.5 Å². The lowest BCUT2D eigenvalue weighted by Gasteiger charge is -2.10. The first-order chi connectivity index (χ1) is 16.1. The second-order valence-corrected chi connectivity index (χ2v) is 7.96. The van der Waals surface area contributed by atoms with Gasteiger partial charge < -0.3 is 14.8 Å².